The summed E-state index contributed by atoms with van der Waals surface area (Å²) >= 11 is 0. The number of hydrogen-bond acceptors (Lipinski definition) is 3. The number of nitrogens with one attached hydrogen (secondary N) is 2. The fourth-order valence-electron chi connectivity index (χ4n) is 2.80. The molecule has 2 aromatic carbocycles. The van der Waals surface area contributed by atoms with Gasteiger partial charge in [-0.1, -0.05) is 48.5 Å². The summed E-state index contributed by atoms with van der Waals surface area (Å²) in [6, 6.07) is 17.3. The summed E-state index contributed by atoms with van der Waals surface area (Å²) in [7, 11) is 1.88. The van der Waals surface area contributed by atoms with Crippen molar-refractivity contribution >= 4 is 11.8 Å². The molecule has 2 N–H and O–H groups in total. The molecule has 0 saturated carbocycles. The number of carbonyl (C=O) groups is 2. The van der Waals surface area contributed by atoms with Crippen LogP contribution in [0.1, 0.15) is 34.7 Å². The van der Waals surface area contributed by atoms with Gasteiger partial charge >= 0.3 is 0 Å². The van der Waals surface area contributed by atoms with E-state index in [4.69, 9.17) is 0 Å². The molecule has 2 amide bonds. The fourth-order valence-corrected chi connectivity index (χ4v) is 2.80. The van der Waals surface area contributed by atoms with Crippen molar-refractivity contribution in [3.63, 3.8) is 0 Å². The van der Waals surface area contributed by atoms with Gasteiger partial charge in [0.2, 0.25) is 5.91 Å². The van der Waals surface area contributed by atoms with Gasteiger partial charge in [0.05, 0.1) is 0 Å². The number of aromatic nitrogens is 2. The summed E-state index contributed by atoms with van der Waals surface area (Å²) < 4.78 is 1.87. The number of hydrogen-bond donors (Lipinski definition) is 2. The number of imidazole rings is 1. The Labute approximate surface area is 158 Å². The van der Waals surface area contributed by atoms with Gasteiger partial charge in [-0.15, -0.1) is 0 Å². The molecule has 0 aliphatic carbocycles. The Morgan fingerprint density at radius 2 is 1.59 bits per heavy atom. The Kier molecular flexibility index (Phi) is 5.66. The quantitative estimate of drug-likeness (QED) is 0.707. The van der Waals surface area contributed by atoms with Crippen LogP contribution in [-0.2, 0) is 11.8 Å². The summed E-state index contributed by atoms with van der Waals surface area (Å²) in [6.45, 7) is 1.66. The molecule has 0 radical (unpaired) electrons. The predicted molar refractivity (Wildman–Crippen MR) is 103 cm³/mol. The van der Waals surface area contributed by atoms with Crippen LogP contribution >= 0.6 is 0 Å². The maximum Gasteiger partial charge on any atom is 0.251 e. The second kappa shape index (κ2) is 8.31. The zero-order chi connectivity index (χ0) is 19.2. The Morgan fingerprint density at radius 3 is 2.19 bits per heavy atom. The number of amides is 2. The standard InChI is InChI=1S/C21H22N4O2/c1-15(23-21(27)17-11-7-4-8-12-17)20(26)24-18(16-9-5-3-6-10-16)19-22-13-14-25(19)2/h3-15,18H,1-2H3,(H,23,27)(H,24,26)/t15-,18-/m1/s1. The Hall–Kier alpha value is -3.41. The molecule has 3 rings (SSSR count). The monoisotopic (exact) mass is 362 g/mol. The molecule has 1 heterocycles. The third-order valence-electron chi connectivity index (χ3n) is 4.31. The maximum atomic E-state index is 12.7. The van der Waals surface area contributed by atoms with Crippen molar-refractivity contribution in [1.82, 2.24) is 20.2 Å². The molecule has 1 aromatic heterocycles. The molecule has 6 heteroatoms. The van der Waals surface area contributed by atoms with Crippen molar-refractivity contribution < 1.29 is 9.59 Å². The normalized spacial score (nSPS) is 12.8. The van der Waals surface area contributed by atoms with Gasteiger partial charge in [0.1, 0.15) is 17.9 Å². The van der Waals surface area contributed by atoms with Gasteiger partial charge in [-0.25, -0.2) is 4.98 Å². The van der Waals surface area contributed by atoms with E-state index in [9.17, 15) is 9.59 Å². The average Bonchev–Trinajstić information content (AvgIpc) is 3.12. The molecule has 0 aliphatic heterocycles. The van der Waals surface area contributed by atoms with Crippen molar-refractivity contribution in [1.29, 1.82) is 0 Å². The van der Waals surface area contributed by atoms with E-state index in [1.807, 2.05) is 54.2 Å². The van der Waals surface area contributed by atoms with E-state index in [-0.39, 0.29) is 11.8 Å². The van der Waals surface area contributed by atoms with Crippen LogP contribution in [0.5, 0.6) is 0 Å². The number of rotatable bonds is 6. The largest absolute Gasteiger partial charge is 0.341 e. The van der Waals surface area contributed by atoms with Crippen LogP contribution in [0.15, 0.2) is 73.1 Å². The van der Waals surface area contributed by atoms with E-state index in [1.165, 1.54) is 0 Å². The van der Waals surface area contributed by atoms with Crippen LogP contribution in [0.4, 0.5) is 0 Å². The number of nitrogens with zero attached hydrogens (tertiary/aromatic N) is 2. The minimum Gasteiger partial charge on any atom is -0.341 e. The number of aryl methyl sites for hydroxylation is 1. The van der Waals surface area contributed by atoms with Gasteiger partial charge in [0, 0.05) is 25.0 Å². The topological polar surface area (TPSA) is 76.0 Å². The summed E-state index contributed by atoms with van der Waals surface area (Å²) in [5.41, 5.74) is 1.43. The molecule has 0 aliphatic rings. The predicted octanol–water partition coefficient (Wildman–Crippen LogP) is 2.44. The molecule has 0 saturated heterocycles. The van der Waals surface area contributed by atoms with Crippen LogP contribution in [0.25, 0.3) is 0 Å². The number of benzene rings is 2. The average molecular weight is 362 g/mol. The highest BCUT2D eigenvalue weighted by molar-refractivity contribution is 5.97. The smallest absolute Gasteiger partial charge is 0.251 e. The summed E-state index contributed by atoms with van der Waals surface area (Å²) in [5.74, 6) is 0.152. The van der Waals surface area contributed by atoms with Gasteiger partial charge in [0.15, 0.2) is 0 Å². The van der Waals surface area contributed by atoms with E-state index in [1.54, 1.807) is 37.4 Å². The molecule has 138 valence electrons. The highest BCUT2D eigenvalue weighted by Crippen LogP contribution is 2.20. The first-order chi connectivity index (χ1) is 13.1. The molecular weight excluding hydrogens is 340 g/mol. The first kappa shape index (κ1) is 18.4. The molecule has 0 fully saturated rings. The Morgan fingerprint density at radius 1 is 0.963 bits per heavy atom. The molecule has 27 heavy (non-hydrogen) atoms. The zero-order valence-electron chi connectivity index (χ0n) is 15.3. The van der Waals surface area contributed by atoms with Gasteiger partial charge in [0.25, 0.3) is 5.91 Å². The molecule has 0 spiro atoms. The van der Waals surface area contributed by atoms with Crippen molar-refractivity contribution in [2.75, 3.05) is 0 Å². The number of carbonyl (C=O) groups excluding carboxylic acids is 2. The molecule has 6 nitrogen and oxygen atoms in total. The van der Waals surface area contributed by atoms with Gasteiger partial charge in [-0.2, -0.15) is 0 Å². The van der Waals surface area contributed by atoms with Crippen LogP contribution in [0, 0.1) is 0 Å². The van der Waals surface area contributed by atoms with E-state index in [2.05, 4.69) is 15.6 Å². The van der Waals surface area contributed by atoms with Gasteiger partial charge in [-0.05, 0) is 24.6 Å². The zero-order valence-corrected chi connectivity index (χ0v) is 15.3. The second-order valence-electron chi connectivity index (χ2n) is 6.31. The highest BCUT2D eigenvalue weighted by Gasteiger charge is 2.24. The van der Waals surface area contributed by atoms with Crippen molar-refractivity contribution in [2.24, 2.45) is 7.05 Å². The first-order valence-corrected chi connectivity index (χ1v) is 8.74. The van der Waals surface area contributed by atoms with Crippen LogP contribution in [0.2, 0.25) is 0 Å². The molecule has 2 atom stereocenters. The minimum atomic E-state index is -0.691. The molecule has 0 unspecified atom stereocenters. The van der Waals surface area contributed by atoms with Crippen molar-refractivity contribution in [3.8, 4) is 0 Å². The Bertz CT molecular complexity index is 906. The van der Waals surface area contributed by atoms with E-state index < -0.39 is 12.1 Å². The lowest BCUT2D eigenvalue weighted by Crippen LogP contribution is -2.46. The van der Waals surface area contributed by atoms with Crippen LogP contribution in [-0.4, -0.2) is 27.4 Å². The summed E-state index contributed by atoms with van der Waals surface area (Å²) in [6.07, 6.45) is 3.52. The SMILES string of the molecule is C[C@@H](NC(=O)c1ccccc1)C(=O)N[C@H](c1ccccc1)c1nccn1C. The lowest BCUT2D eigenvalue weighted by Gasteiger charge is -2.22. The fraction of sp³-hybridized carbons (Fsp3) is 0.190. The third kappa shape index (κ3) is 4.41. The summed E-state index contributed by atoms with van der Waals surface area (Å²) in [5, 5.41) is 5.73. The van der Waals surface area contributed by atoms with E-state index in [0.29, 0.717) is 5.56 Å². The van der Waals surface area contributed by atoms with E-state index in [0.717, 1.165) is 11.4 Å². The van der Waals surface area contributed by atoms with Gasteiger partial charge in [-0.3, -0.25) is 9.59 Å². The maximum absolute atomic E-state index is 12.7. The van der Waals surface area contributed by atoms with E-state index >= 15 is 0 Å². The van der Waals surface area contributed by atoms with Crippen molar-refractivity contribution in [2.45, 2.75) is 19.0 Å². The minimum absolute atomic E-state index is 0.281. The van der Waals surface area contributed by atoms with Crippen LogP contribution < -0.4 is 10.6 Å². The van der Waals surface area contributed by atoms with Gasteiger partial charge < -0.3 is 15.2 Å². The first-order valence-electron chi connectivity index (χ1n) is 8.74. The third-order valence-corrected chi connectivity index (χ3v) is 4.31. The second-order valence-corrected chi connectivity index (χ2v) is 6.31. The van der Waals surface area contributed by atoms with Crippen molar-refractivity contribution in [3.05, 3.63) is 90.0 Å². The van der Waals surface area contributed by atoms with Crippen LogP contribution in [0.3, 0.4) is 0 Å². The Balaban J connectivity index is 1.74. The lowest BCUT2D eigenvalue weighted by atomic mass is 10.1. The highest BCUT2D eigenvalue weighted by atomic mass is 16.2. The lowest BCUT2D eigenvalue weighted by molar-refractivity contribution is -0.123. The molecule has 0 bridgehead atoms. The molecular formula is C21H22N4O2. The summed E-state index contributed by atoms with van der Waals surface area (Å²) in [4.78, 5) is 29.4. The molecule has 3 aromatic rings.